The monoisotopic (exact) mass is 604 g/mol. The van der Waals surface area contributed by atoms with Crippen LogP contribution in [0.25, 0.3) is 0 Å². The molecule has 0 saturated heterocycles. The number of anilines is 2. The predicted molar refractivity (Wildman–Crippen MR) is 150 cm³/mol. The molecule has 1 heterocycles. The summed E-state index contributed by atoms with van der Waals surface area (Å²) in [5.74, 6) is -1.31. The summed E-state index contributed by atoms with van der Waals surface area (Å²) in [7, 11) is 2.65. The number of carboxylic acids is 1. The van der Waals surface area contributed by atoms with Crippen molar-refractivity contribution in [2.24, 2.45) is 11.8 Å². The van der Waals surface area contributed by atoms with E-state index in [0.29, 0.717) is 46.2 Å². The Morgan fingerprint density at radius 1 is 1.07 bits per heavy atom. The lowest BCUT2D eigenvalue weighted by Gasteiger charge is -2.27. The number of aliphatic carboxylic acids is 1. The van der Waals surface area contributed by atoms with Crippen molar-refractivity contribution in [3.63, 3.8) is 0 Å². The minimum atomic E-state index is -4.67. The molecule has 2 N–H and O–H groups in total. The molecular formula is C30H28ClF3N2O6. The zero-order chi connectivity index (χ0) is 30.2. The van der Waals surface area contributed by atoms with E-state index in [2.05, 4.69) is 5.32 Å². The first-order valence-corrected chi connectivity index (χ1v) is 13.5. The maximum Gasteiger partial charge on any atom is 0.420 e. The van der Waals surface area contributed by atoms with Crippen LogP contribution in [0.4, 0.5) is 24.5 Å². The fourth-order valence-corrected chi connectivity index (χ4v) is 5.22. The zero-order valence-corrected chi connectivity index (χ0v) is 23.5. The molecule has 5 rings (SSSR count). The van der Waals surface area contributed by atoms with E-state index in [1.807, 2.05) is 0 Å². The number of carboxylic acid groups (broad SMARTS) is 1. The molecule has 0 radical (unpaired) electrons. The third-order valence-corrected chi connectivity index (χ3v) is 7.70. The Hall–Kier alpha value is -4.12. The first-order chi connectivity index (χ1) is 20.0. The van der Waals surface area contributed by atoms with Crippen LogP contribution < -0.4 is 24.4 Å². The Balaban J connectivity index is 1.46. The smallest absolute Gasteiger partial charge is 0.420 e. The number of carbonyl (C=O) groups is 2. The van der Waals surface area contributed by atoms with E-state index in [9.17, 15) is 22.8 Å². The van der Waals surface area contributed by atoms with Gasteiger partial charge in [0.2, 0.25) is 0 Å². The number of nitrogens with zero attached hydrogens (tertiary/aromatic N) is 1. The van der Waals surface area contributed by atoms with E-state index in [0.717, 1.165) is 6.07 Å². The second-order valence-corrected chi connectivity index (χ2v) is 10.6. The first kappa shape index (κ1) is 29.4. The Morgan fingerprint density at radius 2 is 1.79 bits per heavy atom. The quantitative estimate of drug-likeness (QED) is 0.284. The minimum Gasteiger partial charge on any atom is -0.497 e. The third kappa shape index (κ3) is 6.20. The van der Waals surface area contributed by atoms with Crippen LogP contribution in [0.5, 0.6) is 17.2 Å². The highest BCUT2D eigenvalue weighted by Gasteiger charge is 2.43. The second-order valence-electron chi connectivity index (χ2n) is 10.2. The molecule has 1 amide bonds. The summed E-state index contributed by atoms with van der Waals surface area (Å²) in [6, 6.07) is 12.8. The lowest BCUT2D eigenvalue weighted by molar-refractivity contribution is -0.139. The second kappa shape index (κ2) is 11.6. The number of alkyl halides is 3. The normalized spacial score (nSPS) is 18.2. The highest BCUT2D eigenvalue weighted by Crippen LogP contribution is 2.43. The molecule has 0 aromatic heterocycles. The van der Waals surface area contributed by atoms with Crippen LogP contribution in [-0.2, 0) is 22.2 Å². The molecule has 3 aromatic rings. The number of fused-ring (bicyclic) bond motifs is 1. The highest BCUT2D eigenvalue weighted by molar-refractivity contribution is 6.30. The average molecular weight is 605 g/mol. The molecule has 1 fully saturated rings. The van der Waals surface area contributed by atoms with Crippen LogP contribution in [-0.4, -0.2) is 44.4 Å². The average Bonchev–Trinajstić information content (AvgIpc) is 3.64. The van der Waals surface area contributed by atoms with Crippen molar-refractivity contribution >= 4 is 34.9 Å². The number of rotatable bonds is 10. The van der Waals surface area contributed by atoms with E-state index in [4.69, 9.17) is 30.9 Å². The topological polar surface area (TPSA) is 97.3 Å². The first-order valence-electron chi connectivity index (χ1n) is 13.1. The van der Waals surface area contributed by atoms with Crippen LogP contribution in [0.2, 0.25) is 5.02 Å². The molecule has 42 heavy (non-hydrogen) atoms. The predicted octanol–water partition coefficient (Wildman–Crippen LogP) is 6.22. The molecule has 222 valence electrons. The van der Waals surface area contributed by atoms with Gasteiger partial charge in [0.05, 0.1) is 32.3 Å². The van der Waals surface area contributed by atoms with Crippen LogP contribution in [0, 0.1) is 11.8 Å². The lowest BCUT2D eigenvalue weighted by Crippen LogP contribution is -2.37. The van der Waals surface area contributed by atoms with Crippen LogP contribution in [0.15, 0.2) is 54.6 Å². The molecule has 8 nitrogen and oxygen atoms in total. The molecule has 1 saturated carbocycles. The van der Waals surface area contributed by atoms with E-state index >= 15 is 0 Å². The number of halogens is 4. The summed E-state index contributed by atoms with van der Waals surface area (Å²) in [6.45, 7) is 0.391. The van der Waals surface area contributed by atoms with Gasteiger partial charge in [0, 0.05) is 47.1 Å². The van der Waals surface area contributed by atoms with Gasteiger partial charge in [-0.15, -0.1) is 0 Å². The molecule has 2 aliphatic rings. The number of benzene rings is 3. The van der Waals surface area contributed by atoms with Crippen molar-refractivity contribution in [1.29, 1.82) is 0 Å². The van der Waals surface area contributed by atoms with Gasteiger partial charge in [-0.1, -0.05) is 23.7 Å². The largest absolute Gasteiger partial charge is 0.497 e. The number of carbonyl (C=O) groups excluding carboxylic acids is 1. The summed E-state index contributed by atoms with van der Waals surface area (Å²) in [5.41, 5.74) is 0.763. The molecule has 12 heteroatoms. The van der Waals surface area contributed by atoms with Gasteiger partial charge < -0.3 is 29.5 Å². The van der Waals surface area contributed by atoms with Gasteiger partial charge in [-0.2, -0.15) is 13.2 Å². The van der Waals surface area contributed by atoms with E-state index in [-0.39, 0.29) is 30.5 Å². The van der Waals surface area contributed by atoms with Crippen LogP contribution in [0.1, 0.15) is 29.2 Å². The van der Waals surface area contributed by atoms with Crippen molar-refractivity contribution in [2.75, 3.05) is 37.6 Å². The van der Waals surface area contributed by atoms with Gasteiger partial charge in [-0.3, -0.25) is 9.59 Å². The standard InChI is InChI=1S/C30H28ClF3N2O6/c1-40-21-11-20(12-22(13-21)42-15-18-9-23(18)29(38)39)35-27(16-3-5-19(31)6-4-16)28(37)36-8-7-17-10-26(41-2)24(14-25(17)36)30(32,33)34/h3-6,10-14,18,23,27,35H,7-9,15H2,1-2H3,(H,38,39). The fourth-order valence-electron chi connectivity index (χ4n) is 5.09. The van der Waals surface area contributed by atoms with Crippen molar-refractivity contribution in [3.05, 3.63) is 76.3 Å². The molecule has 0 bridgehead atoms. The zero-order valence-electron chi connectivity index (χ0n) is 22.7. The third-order valence-electron chi connectivity index (χ3n) is 7.45. The summed E-state index contributed by atoms with van der Waals surface area (Å²) in [6.07, 6.45) is -3.77. The maximum absolute atomic E-state index is 14.1. The Morgan fingerprint density at radius 3 is 2.40 bits per heavy atom. The van der Waals surface area contributed by atoms with Gasteiger partial charge in [-0.25, -0.2) is 0 Å². The molecular weight excluding hydrogens is 577 g/mol. The number of hydrogen-bond acceptors (Lipinski definition) is 6. The Kier molecular flexibility index (Phi) is 8.14. The number of ether oxygens (including phenoxy) is 3. The van der Waals surface area contributed by atoms with E-state index in [1.165, 1.54) is 25.2 Å². The fraction of sp³-hybridized carbons (Fsp3) is 0.333. The van der Waals surface area contributed by atoms with Crippen molar-refractivity contribution < 1.29 is 42.1 Å². The number of methoxy groups -OCH3 is 2. The number of hydrogen-bond donors (Lipinski definition) is 2. The molecule has 3 aromatic carbocycles. The molecule has 0 spiro atoms. The van der Waals surface area contributed by atoms with Gasteiger partial charge in [0.1, 0.15) is 23.3 Å². The van der Waals surface area contributed by atoms with Gasteiger partial charge in [-0.05, 0) is 48.2 Å². The van der Waals surface area contributed by atoms with Crippen LogP contribution in [0.3, 0.4) is 0 Å². The summed E-state index contributed by atoms with van der Waals surface area (Å²) in [4.78, 5) is 26.6. The Labute approximate surface area is 244 Å². The number of amides is 1. The summed E-state index contributed by atoms with van der Waals surface area (Å²) < 4.78 is 57.7. The van der Waals surface area contributed by atoms with Gasteiger partial charge >= 0.3 is 12.1 Å². The van der Waals surface area contributed by atoms with Gasteiger partial charge in [0.25, 0.3) is 5.91 Å². The summed E-state index contributed by atoms with van der Waals surface area (Å²) in [5, 5.41) is 12.8. The molecule has 3 unspecified atom stereocenters. The number of nitrogens with one attached hydrogen (secondary N) is 1. The minimum absolute atomic E-state index is 0.0936. The van der Waals surface area contributed by atoms with E-state index < -0.39 is 35.6 Å². The molecule has 1 aliphatic heterocycles. The van der Waals surface area contributed by atoms with E-state index in [1.54, 1.807) is 42.5 Å². The SMILES string of the molecule is COc1cc(NC(C(=O)N2CCc3cc(OC)c(C(F)(F)F)cc32)c2ccc(Cl)cc2)cc(OCC2CC2C(=O)O)c1. The highest BCUT2D eigenvalue weighted by atomic mass is 35.5. The van der Waals surface area contributed by atoms with Crippen molar-refractivity contribution in [1.82, 2.24) is 0 Å². The van der Waals surface area contributed by atoms with Crippen LogP contribution >= 0.6 is 11.6 Å². The van der Waals surface area contributed by atoms with Gasteiger partial charge in [0.15, 0.2) is 0 Å². The Bertz CT molecular complexity index is 1500. The lowest BCUT2D eigenvalue weighted by atomic mass is 10.0. The van der Waals surface area contributed by atoms with Crippen molar-refractivity contribution in [3.8, 4) is 17.2 Å². The summed E-state index contributed by atoms with van der Waals surface area (Å²) >= 11 is 6.09. The van der Waals surface area contributed by atoms with Crippen molar-refractivity contribution in [2.45, 2.75) is 25.1 Å². The molecule has 3 atom stereocenters. The molecule has 1 aliphatic carbocycles. The maximum atomic E-state index is 14.1.